The van der Waals surface area contributed by atoms with E-state index in [1.165, 1.54) is 12.1 Å². The summed E-state index contributed by atoms with van der Waals surface area (Å²) in [6.45, 7) is 1.81. The lowest BCUT2D eigenvalue weighted by molar-refractivity contribution is 0.491. The fourth-order valence-corrected chi connectivity index (χ4v) is 3.79. The Balaban J connectivity index is 1.54. The molecule has 0 bridgehead atoms. The van der Waals surface area contributed by atoms with Crippen LogP contribution in [0.2, 0.25) is 0 Å². The molecule has 0 saturated carbocycles. The maximum absolute atomic E-state index is 13.5. The second-order valence-electron chi connectivity index (χ2n) is 6.99. The number of nitrogens with two attached hydrogens (primary N) is 1. The lowest BCUT2D eigenvalue weighted by atomic mass is 9.97. The normalized spacial score (nSPS) is 17.9. The van der Waals surface area contributed by atoms with Gasteiger partial charge in [0.15, 0.2) is 11.5 Å². The number of hydrogen-bond donors (Lipinski definition) is 1. The second kappa shape index (κ2) is 5.90. The summed E-state index contributed by atoms with van der Waals surface area (Å²) in [7, 11) is 1.91. The molecule has 1 atom stereocenters. The molecule has 0 aliphatic carbocycles. The van der Waals surface area contributed by atoms with Crippen LogP contribution in [0.5, 0.6) is 0 Å². The highest BCUT2D eigenvalue weighted by atomic mass is 19.1. The molecule has 1 aliphatic heterocycles. The minimum Gasteiger partial charge on any atom is -0.368 e. The number of fused-ring (bicyclic) bond motifs is 3. The molecule has 4 aromatic rings. The zero-order valence-electron chi connectivity index (χ0n) is 14.9. The molecule has 0 amide bonds. The van der Waals surface area contributed by atoms with Gasteiger partial charge in [-0.15, -0.1) is 5.10 Å². The van der Waals surface area contributed by atoms with Gasteiger partial charge in [-0.25, -0.2) is 14.4 Å². The number of halogens is 1. The Labute approximate surface area is 154 Å². The number of nitrogens with zero attached hydrogens (tertiary/aromatic N) is 7. The summed E-state index contributed by atoms with van der Waals surface area (Å²) < 4.78 is 16.9. The summed E-state index contributed by atoms with van der Waals surface area (Å²) in [5.74, 6) is 0.794. The van der Waals surface area contributed by atoms with Crippen LogP contribution in [0, 0.1) is 5.82 Å². The molecule has 0 radical (unpaired) electrons. The SMILES string of the molecule is Cn1cc(N2CCCC(c3nc4c5ccc(F)cc5nc(N)n4n3)C2)cn1. The van der Waals surface area contributed by atoms with Crippen LogP contribution in [0.3, 0.4) is 0 Å². The maximum atomic E-state index is 13.5. The van der Waals surface area contributed by atoms with Crippen LogP contribution in [0.15, 0.2) is 30.6 Å². The van der Waals surface area contributed by atoms with E-state index in [-0.39, 0.29) is 17.7 Å². The van der Waals surface area contributed by atoms with E-state index in [0.29, 0.717) is 11.2 Å². The van der Waals surface area contributed by atoms with Gasteiger partial charge in [-0.3, -0.25) is 4.68 Å². The van der Waals surface area contributed by atoms with Crippen LogP contribution < -0.4 is 10.6 Å². The molecule has 0 spiro atoms. The highest BCUT2D eigenvalue weighted by Gasteiger charge is 2.26. The quantitative estimate of drug-likeness (QED) is 0.584. The third-order valence-electron chi connectivity index (χ3n) is 5.12. The molecular weight excluding hydrogens is 347 g/mol. The van der Waals surface area contributed by atoms with Crippen LogP contribution in [-0.2, 0) is 7.05 Å². The van der Waals surface area contributed by atoms with Crippen molar-refractivity contribution in [2.75, 3.05) is 23.7 Å². The molecule has 1 saturated heterocycles. The van der Waals surface area contributed by atoms with Crippen LogP contribution in [-0.4, -0.2) is 42.5 Å². The summed E-state index contributed by atoms with van der Waals surface area (Å²) in [6.07, 6.45) is 5.95. The minimum absolute atomic E-state index is 0.189. The predicted molar refractivity (Wildman–Crippen MR) is 100 cm³/mol. The molecule has 27 heavy (non-hydrogen) atoms. The van der Waals surface area contributed by atoms with Crippen LogP contribution in [0.4, 0.5) is 16.0 Å². The number of aryl methyl sites for hydroxylation is 1. The largest absolute Gasteiger partial charge is 0.368 e. The summed E-state index contributed by atoms with van der Waals surface area (Å²) in [5, 5.41) is 9.62. The van der Waals surface area contributed by atoms with E-state index in [0.717, 1.165) is 42.8 Å². The Morgan fingerprint density at radius 1 is 1.26 bits per heavy atom. The fourth-order valence-electron chi connectivity index (χ4n) is 3.79. The van der Waals surface area contributed by atoms with Crippen molar-refractivity contribution in [3.05, 3.63) is 42.2 Å². The van der Waals surface area contributed by atoms with Gasteiger partial charge in [0.05, 0.1) is 17.4 Å². The van der Waals surface area contributed by atoms with Crippen molar-refractivity contribution in [3.8, 4) is 0 Å². The fraction of sp³-hybridized carbons (Fsp3) is 0.333. The Hall–Kier alpha value is -3.23. The van der Waals surface area contributed by atoms with Crippen LogP contribution in [0.1, 0.15) is 24.6 Å². The average Bonchev–Trinajstić information content (AvgIpc) is 3.29. The lowest BCUT2D eigenvalue weighted by Crippen LogP contribution is -2.34. The molecule has 8 nitrogen and oxygen atoms in total. The van der Waals surface area contributed by atoms with E-state index < -0.39 is 0 Å². The van der Waals surface area contributed by atoms with Gasteiger partial charge in [0.25, 0.3) is 0 Å². The highest BCUT2D eigenvalue weighted by molar-refractivity contribution is 5.92. The van der Waals surface area contributed by atoms with Crippen molar-refractivity contribution < 1.29 is 4.39 Å². The first kappa shape index (κ1) is 16.0. The van der Waals surface area contributed by atoms with Gasteiger partial charge in [-0.05, 0) is 25.0 Å². The van der Waals surface area contributed by atoms with Crippen LogP contribution in [0.25, 0.3) is 16.6 Å². The Morgan fingerprint density at radius 3 is 2.96 bits per heavy atom. The molecule has 1 fully saturated rings. The molecule has 138 valence electrons. The van der Waals surface area contributed by atoms with Gasteiger partial charge < -0.3 is 10.6 Å². The van der Waals surface area contributed by atoms with Crippen molar-refractivity contribution in [2.24, 2.45) is 7.05 Å². The van der Waals surface area contributed by atoms with E-state index in [4.69, 9.17) is 10.7 Å². The van der Waals surface area contributed by atoms with E-state index in [2.05, 4.69) is 20.1 Å². The molecule has 1 aliphatic rings. The standard InChI is InChI=1S/C18H19FN8/c1-25-10-13(8-21-25)26-6-2-3-11(9-26)16-23-17-14-5-4-12(19)7-15(14)22-18(20)27(17)24-16/h4-5,7-8,10-11H,2-3,6,9H2,1H3,(H2,20,22). The zero-order valence-corrected chi connectivity index (χ0v) is 14.9. The second-order valence-corrected chi connectivity index (χ2v) is 6.99. The number of benzene rings is 1. The predicted octanol–water partition coefficient (Wildman–Crippen LogP) is 2.12. The van der Waals surface area contributed by atoms with Crippen molar-refractivity contribution in [3.63, 3.8) is 0 Å². The van der Waals surface area contributed by atoms with Crippen molar-refractivity contribution in [1.29, 1.82) is 0 Å². The molecule has 1 unspecified atom stereocenters. The van der Waals surface area contributed by atoms with Crippen molar-refractivity contribution in [2.45, 2.75) is 18.8 Å². The molecule has 9 heteroatoms. The van der Waals surface area contributed by atoms with Gasteiger partial charge in [0, 0.05) is 43.7 Å². The van der Waals surface area contributed by atoms with E-state index in [9.17, 15) is 4.39 Å². The number of rotatable bonds is 2. The molecule has 3 aromatic heterocycles. The van der Waals surface area contributed by atoms with Gasteiger partial charge in [0.2, 0.25) is 5.95 Å². The monoisotopic (exact) mass is 366 g/mol. The van der Waals surface area contributed by atoms with Gasteiger partial charge in [-0.2, -0.15) is 9.61 Å². The van der Waals surface area contributed by atoms with Gasteiger partial charge in [0.1, 0.15) is 5.82 Å². The number of hydrogen-bond acceptors (Lipinski definition) is 6. The summed E-state index contributed by atoms with van der Waals surface area (Å²) in [5.41, 5.74) is 8.25. The van der Waals surface area contributed by atoms with Gasteiger partial charge in [-0.1, -0.05) is 0 Å². The molecule has 1 aromatic carbocycles. The van der Waals surface area contributed by atoms with Gasteiger partial charge >= 0.3 is 0 Å². The minimum atomic E-state index is -0.349. The number of nitrogen functional groups attached to an aromatic ring is 1. The summed E-state index contributed by atoms with van der Waals surface area (Å²) >= 11 is 0. The average molecular weight is 366 g/mol. The summed E-state index contributed by atoms with van der Waals surface area (Å²) in [4.78, 5) is 11.3. The molecule has 5 rings (SSSR count). The molecular formula is C18H19FN8. The Morgan fingerprint density at radius 2 is 2.15 bits per heavy atom. The van der Waals surface area contributed by atoms with E-state index in [1.54, 1.807) is 15.3 Å². The van der Waals surface area contributed by atoms with E-state index >= 15 is 0 Å². The summed E-state index contributed by atoms with van der Waals surface area (Å²) in [6, 6.07) is 4.44. The zero-order chi connectivity index (χ0) is 18.5. The third kappa shape index (κ3) is 2.66. The number of piperidine rings is 1. The van der Waals surface area contributed by atoms with E-state index in [1.807, 2.05) is 19.4 Å². The Bertz CT molecular complexity index is 1150. The van der Waals surface area contributed by atoms with Crippen molar-refractivity contribution in [1.82, 2.24) is 29.4 Å². The smallest absolute Gasteiger partial charge is 0.223 e. The lowest BCUT2D eigenvalue weighted by Gasteiger charge is -2.32. The number of aromatic nitrogens is 6. The Kier molecular flexibility index (Phi) is 3.49. The van der Waals surface area contributed by atoms with Crippen LogP contribution >= 0.6 is 0 Å². The topological polar surface area (TPSA) is 90.2 Å². The van der Waals surface area contributed by atoms with Crippen molar-refractivity contribution >= 4 is 28.2 Å². The highest BCUT2D eigenvalue weighted by Crippen LogP contribution is 2.30. The first-order chi connectivity index (χ1) is 13.1. The maximum Gasteiger partial charge on any atom is 0.223 e. The molecule has 2 N–H and O–H groups in total. The third-order valence-corrected chi connectivity index (χ3v) is 5.12. The first-order valence-corrected chi connectivity index (χ1v) is 8.93. The number of anilines is 2. The molecule has 4 heterocycles. The first-order valence-electron chi connectivity index (χ1n) is 8.93.